The molecule has 3 amide bonds. The second kappa shape index (κ2) is 12.4. The van der Waals surface area contributed by atoms with Gasteiger partial charge < -0.3 is 29.3 Å². The van der Waals surface area contributed by atoms with Gasteiger partial charge in [-0.15, -0.1) is 0 Å². The minimum absolute atomic E-state index is 0.00440. The first-order valence-corrected chi connectivity index (χ1v) is 12.7. The molecule has 0 spiro atoms. The second-order valence-corrected chi connectivity index (χ2v) is 9.23. The van der Waals surface area contributed by atoms with Crippen LogP contribution in [0.15, 0.2) is 59.2 Å². The van der Waals surface area contributed by atoms with Crippen LogP contribution in [0.1, 0.15) is 54.8 Å². The number of furan rings is 1. The number of methoxy groups -OCH3 is 3. The molecule has 1 heterocycles. The van der Waals surface area contributed by atoms with Crippen molar-refractivity contribution in [2.75, 3.05) is 31.5 Å². The Labute approximate surface area is 227 Å². The van der Waals surface area contributed by atoms with Crippen LogP contribution in [0.25, 0.3) is 0 Å². The summed E-state index contributed by atoms with van der Waals surface area (Å²) in [6.45, 7) is 1.41. The van der Waals surface area contributed by atoms with Crippen LogP contribution in [0.2, 0.25) is 0 Å². The van der Waals surface area contributed by atoms with E-state index in [4.69, 9.17) is 18.6 Å². The number of carbonyl (C=O) groups is 3. The van der Waals surface area contributed by atoms with Gasteiger partial charge in [-0.2, -0.15) is 0 Å². The van der Waals surface area contributed by atoms with Crippen LogP contribution < -0.4 is 29.7 Å². The molecule has 206 valence electrons. The zero-order valence-corrected chi connectivity index (χ0v) is 22.5. The molecule has 1 aliphatic rings. The van der Waals surface area contributed by atoms with Gasteiger partial charge in [0, 0.05) is 24.3 Å². The van der Waals surface area contributed by atoms with Crippen molar-refractivity contribution in [1.82, 2.24) is 5.32 Å². The second-order valence-electron chi connectivity index (χ2n) is 9.23. The summed E-state index contributed by atoms with van der Waals surface area (Å²) in [5.74, 6) is 0.00952. The molecule has 4 rings (SSSR count). The minimum atomic E-state index is -1.12. The third-order valence-electron chi connectivity index (χ3n) is 6.63. The average molecular weight is 536 g/mol. The van der Waals surface area contributed by atoms with E-state index < -0.39 is 11.9 Å². The number of amides is 3. The van der Waals surface area contributed by atoms with Gasteiger partial charge in [-0.25, -0.2) is 0 Å². The third-order valence-corrected chi connectivity index (χ3v) is 6.63. The Kier molecular flexibility index (Phi) is 8.75. The molecule has 10 nitrogen and oxygen atoms in total. The summed E-state index contributed by atoms with van der Waals surface area (Å²) < 4.78 is 22.0. The number of nitrogens with zero attached hydrogens (tertiary/aromatic N) is 1. The molecule has 1 fully saturated rings. The number of hydrogen-bond acceptors (Lipinski definition) is 7. The fraction of sp³-hybridized carbons (Fsp3) is 0.345. The molecule has 3 aromatic rings. The fourth-order valence-electron chi connectivity index (χ4n) is 4.84. The van der Waals surface area contributed by atoms with Gasteiger partial charge >= 0.3 is 0 Å². The first kappa shape index (κ1) is 27.6. The molecule has 0 unspecified atom stereocenters. The van der Waals surface area contributed by atoms with Crippen LogP contribution in [0.5, 0.6) is 17.2 Å². The SMILES string of the molecule is COc1cc([C@H](C(=O)NC2CCCC2)N(C(=O)c2ccco2)c2ccc(NC(C)=O)cc2)cc(OC)c1OC. The van der Waals surface area contributed by atoms with E-state index in [0.29, 0.717) is 34.2 Å². The normalized spacial score (nSPS) is 13.8. The third kappa shape index (κ3) is 6.17. The first-order chi connectivity index (χ1) is 18.9. The lowest BCUT2D eigenvalue weighted by atomic mass is 10.0. The van der Waals surface area contributed by atoms with Crippen molar-refractivity contribution >= 4 is 29.1 Å². The molecule has 0 aliphatic heterocycles. The van der Waals surface area contributed by atoms with Crippen LogP contribution in [0.4, 0.5) is 11.4 Å². The number of carbonyl (C=O) groups excluding carboxylic acids is 3. The number of ether oxygens (including phenoxy) is 3. The van der Waals surface area contributed by atoms with Crippen LogP contribution in [0, 0.1) is 0 Å². The summed E-state index contributed by atoms with van der Waals surface area (Å²) >= 11 is 0. The van der Waals surface area contributed by atoms with Gasteiger partial charge in [0.2, 0.25) is 17.6 Å². The van der Waals surface area contributed by atoms with Crippen molar-refractivity contribution in [3.05, 3.63) is 66.1 Å². The molecular weight excluding hydrogens is 502 g/mol. The van der Waals surface area contributed by atoms with Crippen LogP contribution in [-0.2, 0) is 9.59 Å². The Bertz CT molecular complexity index is 1270. The predicted molar refractivity (Wildman–Crippen MR) is 146 cm³/mol. The lowest BCUT2D eigenvalue weighted by Crippen LogP contribution is -2.46. The van der Waals surface area contributed by atoms with E-state index in [1.165, 1.54) is 39.4 Å². The predicted octanol–water partition coefficient (Wildman–Crippen LogP) is 4.71. The van der Waals surface area contributed by atoms with E-state index in [1.54, 1.807) is 48.5 Å². The highest BCUT2D eigenvalue weighted by atomic mass is 16.5. The van der Waals surface area contributed by atoms with Gasteiger partial charge in [0.15, 0.2) is 17.3 Å². The maximum absolute atomic E-state index is 14.0. The molecule has 39 heavy (non-hydrogen) atoms. The summed E-state index contributed by atoms with van der Waals surface area (Å²) in [4.78, 5) is 40.9. The number of nitrogens with one attached hydrogen (secondary N) is 2. The summed E-state index contributed by atoms with van der Waals surface area (Å²) in [5, 5.41) is 5.85. The van der Waals surface area contributed by atoms with Crippen molar-refractivity contribution in [2.45, 2.75) is 44.7 Å². The van der Waals surface area contributed by atoms with Crippen molar-refractivity contribution < 1.29 is 33.0 Å². The maximum Gasteiger partial charge on any atom is 0.294 e. The first-order valence-electron chi connectivity index (χ1n) is 12.7. The zero-order chi connectivity index (χ0) is 27.9. The highest BCUT2D eigenvalue weighted by Gasteiger charge is 2.37. The smallest absolute Gasteiger partial charge is 0.294 e. The lowest BCUT2D eigenvalue weighted by Gasteiger charge is -2.32. The fourth-order valence-corrected chi connectivity index (χ4v) is 4.84. The van der Waals surface area contributed by atoms with E-state index >= 15 is 0 Å². The van der Waals surface area contributed by atoms with Crippen molar-refractivity contribution in [3.8, 4) is 17.2 Å². The Hall–Kier alpha value is -4.47. The Morgan fingerprint density at radius 1 is 0.949 bits per heavy atom. The zero-order valence-electron chi connectivity index (χ0n) is 22.5. The van der Waals surface area contributed by atoms with Gasteiger partial charge in [-0.3, -0.25) is 19.3 Å². The van der Waals surface area contributed by atoms with Gasteiger partial charge in [0.05, 0.1) is 27.6 Å². The Balaban J connectivity index is 1.88. The summed E-state index contributed by atoms with van der Waals surface area (Å²) in [6.07, 6.45) is 5.19. The molecule has 1 atom stereocenters. The highest BCUT2D eigenvalue weighted by molar-refractivity contribution is 6.09. The van der Waals surface area contributed by atoms with Gasteiger partial charge in [-0.05, 0) is 66.9 Å². The van der Waals surface area contributed by atoms with Gasteiger partial charge in [0.25, 0.3) is 5.91 Å². The maximum atomic E-state index is 14.0. The Morgan fingerprint density at radius 2 is 1.59 bits per heavy atom. The van der Waals surface area contributed by atoms with E-state index in [-0.39, 0.29) is 23.6 Å². The van der Waals surface area contributed by atoms with E-state index in [0.717, 1.165) is 25.7 Å². The summed E-state index contributed by atoms with van der Waals surface area (Å²) in [5.41, 5.74) is 1.42. The molecule has 0 radical (unpaired) electrons. The standard InChI is InChI=1S/C29H33N3O7/c1-18(33)30-21-11-13-22(14-12-21)32(29(35)23-10-7-15-39-23)26(28(34)31-20-8-5-6-9-20)19-16-24(36-2)27(38-4)25(17-19)37-3/h7,10-17,20,26H,5-6,8-9H2,1-4H3,(H,30,33)(H,31,34)/t26-/m1/s1. The Morgan fingerprint density at radius 3 is 2.10 bits per heavy atom. The molecule has 2 aromatic carbocycles. The number of anilines is 2. The number of benzene rings is 2. The highest BCUT2D eigenvalue weighted by Crippen LogP contribution is 2.42. The van der Waals surface area contributed by atoms with Crippen LogP contribution in [0.3, 0.4) is 0 Å². The van der Waals surface area contributed by atoms with Gasteiger partial charge in [0.1, 0.15) is 6.04 Å². The lowest BCUT2D eigenvalue weighted by molar-refractivity contribution is -0.123. The van der Waals surface area contributed by atoms with Crippen molar-refractivity contribution in [1.29, 1.82) is 0 Å². The molecule has 1 aliphatic carbocycles. The summed E-state index contributed by atoms with van der Waals surface area (Å²) in [6, 6.07) is 12.0. The van der Waals surface area contributed by atoms with Gasteiger partial charge in [-0.1, -0.05) is 12.8 Å². The molecular formula is C29H33N3O7. The van der Waals surface area contributed by atoms with E-state index in [1.807, 2.05) is 0 Å². The number of hydrogen-bond donors (Lipinski definition) is 2. The van der Waals surface area contributed by atoms with Crippen molar-refractivity contribution in [3.63, 3.8) is 0 Å². The topological polar surface area (TPSA) is 119 Å². The number of rotatable bonds is 10. The molecule has 10 heteroatoms. The average Bonchev–Trinajstić information content (AvgIpc) is 3.65. The molecule has 0 bridgehead atoms. The van der Waals surface area contributed by atoms with E-state index in [9.17, 15) is 14.4 Å². The quantitative estimate of drug-likeness (QED) is 0.386. The largest absolute Gasteiger partial charge is 0.493 e. The monoisotopic (exact) mass is 535 g/mol. The molecule has 1 aromatic heterocycles. The van der Waals surface area contributed by atoms with Crippen LogP contribution >= 0.6 is 0 Å². The van der Waals surface area contributed by atoms with E-state index in [2.05, 4.69) is 10.6 Å². The molecule has 2 N–H and O–H groups in total. The van der Waals surface area contributed by atoms with Crippen LogP contribution in [-0.4, -0.2) is 45.1 Å². The van der Waals surface area contributed by atoms with Crippen molar-refractivity contribution in [2.24, 2.45) is 0 Å². The minimum Gasteiger partial charge on any atom is -0.493 e. The molecule has 0 saturated heterocycles. The molecule has 1 saturated carbocycles. The summed E-state index contributed by atoms with van der Waals surface area (Å²) in [7, 11) is 4.47.